The van der Waals surface area contributed by atoms with Gasteiger partial charge in [-0.05, 0) is 24.3 Å². The van der Waals surface area contributed by atoms with Gasteiger partial charge in [-0.25, -0.2) is 4.98 Å². The standard InChI is InChI=1S/C14H13Cl2NO2/c1-18-14-10(4-3-7-17-14)9-19-13-6-2-5-12(16)11(13)8-15/h2-7H,8-9H2,1H3. The van der Waals surface area contributed by atoms with Gasteiger partial charge in [0.05, 0.1) is 18.6 Å². The van der Waals surface area contributed by atoms with Crippen LogP contribution in [0.15, 0.2) is 36.5 Å². The monoisotopic (exact) mass is 297 g/mol. The normalized spacial score (nSPS) is 10.3. The summed E-state index contributed by atoms with van der Waals surface area (Å²) >= 11 is 11.9. The first-order valence-electron chi connectivity index (χ1n) is 5.70. The molecule has 1 aromatic heterocycles. The maximum Gasteiger partial charge on any atom is 0.219 e. The number of hydrogen-bond acceptors (Lipinski definition) is 3. The molecule has 0 saturated heterocycles. The van der Waals surface area contributed by atoms with E-state index < -0.39 is 0 Å². The third-order valence-electron chi connectivity index (χ3n) is 2.64. The Balaban J connectivity index is 2.17. The molecule has 0 aliphatic heterocycles. The first kappa shape index (κ1) is 14.0. The van der Waals surface area contributed by atoms with Gasteiger partial charge in [0.2, 0.25) is 5.88 Å². The molecule has 0 bridgehead atoms. The van der Waals surface area contributed by atoms with Crippen LogP contribution in [0.1, 0.15) is 11.1 Å². The van der Waals surface area contributed by atoms with E-state index in [1.165, 1.54) is 0 Å². The zero-order valence-corrected chi connectivity index (χ0v) is 11.9. The van der Waals surface area contributed by atoms with Gasteiger partial charge in [-0.1, -0.05) is 17.7 Å². The molecule has 0 spiro atoms. The number of rotatable bonds is 5. The first-order chi connectivity index (χ1) is 9.26. The molecule has 2 aromatic rings. The quantitative estimate of drug-likeness (QED) is 0.780. The second kappa shape index (κ2) is 6.64. The molecule has 19 heavy (non-hydrogen) atoms. The van der Waals surface area contributed by atoms with Gasteiger partial charge in [-0.15, -0.1) is 11.6 Å². The number of aromatic nitrogens is 1. The Labute approximate surface area is 122 Å². The fraction of sp³-hybridized carbons (Fsp3) is 0.214. The highest BCUT2D eigenvalue weighted by Crippen LogP contribution is 2.29. The lowest BCUT2D eigenvalue weighted by Crippen LogP contribution is -2.01. The minimum atomic E-state index is 0.305. The molecule has 0 saturated carbocycles. The van der Waals surface area contributed by atoms with E-state index in [9.17, 15) is 0 Å². The lowest BCUT2D eigenvalue weighted by Gasteiger charge is -2.12. The molecule has 2 rings (SSSR count). The van der Waals surface area contributed by atoms with Crippen LogP contribution in [0.2, 0.25) is 5.02 Å². The maximum atomic E-state index is 6.07. The largest absolute Gasteiger partial charge is 0.488 e. The molecule has 5 heteroatoms. The Morgan fingerprint density at radius 3 is 2.79 bits per heavy atom. The Morgan fingerprint density at radius 2 is 2.05 bits per heavy atom. The van der Waals surface area contributed by atoms with Crippen LogP contribution in [0.4, 0.5) is 0 Å². The molecule has 1 heterocycles. The van der Waals surface area contributed by atoms with E-state index in [0.29, 0.717) is 29.1 Å². The van der Waals surface area contributed by atoms with Gasteiger partial charge >= 0.3 is 0 Å². The van der Waals surface area contributed by atoms with Crippen molar-refractivity contribution in [3.8, 4) is 11.6 Å². The van der Waals surface area contributed by atoms with Crippen LogP contribution >= 0.6 is 23.2 Å². The summed E-state index contributed by atoms with van der Waals surface area (Å²) in [4.78, 5) is 4.12. The number of ether oxygens (including phenoxy) is 2. The Kier molecular flexibility index (Phi) is 4.88. The minimum Gasteiger partial charge on any atom is -0.488 e. The summed E-state index contributed by atoms with van der Waals surface area (Å²) in [6.07, 6.45) is 1.67. The smallest absolute Gasteiger partial charge is 0.219 e. The van der Waals surface area contributed by atoms with Crippen LogP contribution < -0.4 is 9.47 Å². The summed E-state index contributed by atoms with van der Waals surface area (Å²) in [5.41, 5.74) is 1.65. The van der Waals surface area contributed by atoms with E-state index in [4.69, 9.17) is 32.7 Å². The van der Waals surface area contributed by atoms with E-state index in [0.717, 1.165) is 11.1 Å². The van der Waals surface area contributed by atoms with Gasteiger partial charge in [0.1, 0.15) is 12.4 Å². The summed E-state index contributed by atoms with van der Waals surface area (Å²) in [6.45, 7) is 0.348. The van der Waals surface area contributed by atoms with E-state index in [1.54, 1.807) is 19.4 Å². The molecular formula is C14H13Cl2NO2. The van der Waals surface area contributed by atoms with Crippen LogP contribution in [-0.2, 0) is 12.5 Å². The van der Waals surface area contributed by atoms with Crippen molar-refractivity contribution in [3.05, 3.63) is 52.7 Å². The Morgan fingerprint density at radius 1 is 1.21 bits per heavy atom. The third-order valence-corrected chi connectivity index (χ3v) is 3.26. The maximum absolute atomic E-state index is 6.07. The second-order valence-electron chi connectivity index (χ2n) is 3.81. The van der Waals surface area contributed by atoms with Gasteiger partial charge in [0, 0.05) is 16.8 Å². The number of nitrogens with zero attached hydrogens (tertiary/aromatic N) is 1. The molecule has 0 fully saturated rings. The van der Waals surface area contributed by atoms with Crippen LogP contribution in [0.5, 0.6) is 11.6 Å². The first-order valence-corrected chi connectivity index (χ1v) is 6.61. The van der Waals surface area contributed by atoms with Crippen LogP contribution in [-0.4, -0.2) is 12.1 Å². The van der Waals surface area contributed by atoms with E-state index >= 15 is 0 Å². The molecule has 0 unspecified atom stereocenters. The zero-order chi connectivity index (χ0) is 13.7. The highest BCUT2D eigenvalue weighted by Gasteiger charge is 2.09. The van der Waals surface area contributed by atoms with E-state index in [2.05, 4.69) is 4.98 Å². The molecule has 0 aliphatic rings. The van der Waals surface area contributed by atoms with Crippen molar-refractivity contribution in [2.45, 2.75) is 12.5 Å². The van der Waals surface area contributed by atoms with Gasteiger partial charge in [-0.2, -0.15) is 0 Å². The topological polar surface area (TPSA) is 31.4 Å². The summed E-state index contributed by atoms with van der Waals surface area (Å²) < 4.78 is 10.9. The van der Waals surface area contributed by atoms with E-state index in [1.807, 2.05) is 24.3 Å². The van der Waals surface area contributed by atoms with Crippen molar-refractivity contribution in [2.24, 2.45) is 0 Å². The lowest BCUT2D eigenvalue weighted by molar-refractivity contribution is 0.292. The predicted molar refractivity (Wildman–Crippen MR) is 76.1 cm³/mol. The molecule has 3 nitrogen and oxygen atoms in total. The van der Waals surface area contributed by atoms with Crippen molar-refractivity contribution in [2.75, 3.05) is 7.11 Å². The fourth-order valence-corrected chi connectivity index (χ4v) is 2.25. The third kappa shape index (κ3) is 3.31. The number of hydrogen-bond donors (Lipinski definition) is 0. The molecular weight excluding hydrogens is 285 g/mol. The average molecular weight is 298 g/mol. The molecule has 100 valence electrons. The molecule has 0 amide bonds. The SMILES string of the molecule is COc1ncccc1COc1cccc(Cl)c1CCl. The molecule has 0 aliphatic carbocycles. The van der Waals surface area contributed by atoms with Gasteiger partial charge in [-0.3, -0.25) is 0 Å². The Hall–Kier alpha value is -1.45. The second-order valence-corrected chi connectivity index (χ2v) is 4.49. The van der Waals surface area contributed by atoms with Gasteiger partial charge < -0.3 is 9.47 Å². The van der Waals surface area contributed by atoms with Crippen LogP contribution in [0.25, 0.3) is 0 Å². The molecule has 1 aromatic carbocycles. The summed E-state index contributed by atoms with van der Waals surface area (Å²) in [5.74, 6) is 1.53. The highest BCUT2D eigenvalue weighted by molar-refractivity contribution is 6.32. The predicted octanol–water partition coefficient (Wildman–Crippen LogP) is 4.06. The van der Waals surface area contributed by atoms with Crippen molar-refractivity contribution < 1.29 is 9.47 Å². The number of methoxy groups -OCH3 is 1. The molecule has 0 N–H and O–H groups in total. The fourth-order valence-electron chi connectivity index (χ4n) is 1.68. The van der Waals surface area contributed by atoms with Crippen molar-refractivity contribution in [1.29, 1.82) is 0 Å². The van der Waals surface area contributed by atoms with Gasteiger partial charge in [0.25, 0.3) is 0 Å². The van der Waals surface area contributed by atoms with Gasteiger partial charge in [0.15, 0.2) is 0 Å². The average Bonchev–Trinajstić information content (AvgIpc) is 2.45. The van der Waals surface area contributed by atoms with Crippen LogP contribution in [0.3, 0.4) is 0 Å². The lowest BCUT2D eigenvalue weighted by atomic mass is 10.2. The van der Waals surface area contributed by atoms with Crippen molar-refractivity contribution >= 4 is 23.2 Å². The highest BCUT2D eigenvalue weighted by atomic mass is 35.5. The molecule has 0 radical (unpaired) electrons. The summed E-state index contributed by atoms with van der Waals surface area (Å²) in [5, 5.41) is 0.602. The minimum absolute atomic E-state index is 0.305. The number of benzene rings is 1. The summed E-state index contributed by atoms with van der Waals surface area (Å²) in [7, 11) is 1.58. The zero-order valence-electron chi connectivity index (χ0n) is 10.4. The number of alkyl halides is 1. The van der Waals surface area contributed by atoms with Crippen LogP contribution in [0, 0.1) is 0 Å². The Bertz CT molecular complexity index is 561. The van der Waals surface area contributed by atoms with E-state index in [-0.39, 0.29) is 0 Å². The van der Waals surface area contributed by atoms with Crippen molar-refractivity contribution in [1.82, 2.24) is 4.98 Å². The number of halogens is 2. The number of pyridine rings is 1. The summed E-state index contributed by atoms with van der Waals surface area (Å²) in [6, 6.07) is 9.19. The van der Waals surface area contributed by atoms with Crippen molar-refractivity contribution in [3.63, 3.8) is 0 Å². The molecule has 0 atom stereocenters.